The summed E-state index contributed by atoms with van der Waals surface area (Å²) in [6.45, 7) is 6.05. The van der Waals surface area contributed by atoms with Crippen molar-refractivity contribution in [3.05, 3.63) is 0 Å². The van der Waals surface area contributed by atoms with E-state index in [1.54, 1.807) is 6.92 Å². The molecule has 2 saturated carbocycles. The van der Waals surface area contributed by atoms with Crippen LogP contribution in [0.5, 0.6) is 0 Å². The predicted octanol–water partition coefficient (Wildman–Crippen LogP) is 1.81. The van der Waals surface area contributed by atoms with Crippen molar-refractivity contribution < 1.29 is 9.90 Å². The molecule has 4 nitrogen and oxygen atoms in total. The van der Waals surface area contributed by atoms with Gasteiger partial charge in [0.25, 0.3) is 0 Å². The van der Waals surface area contributed by atoms with E-state index in [-0.39, 0.29) is 0 Å². The van der Waals surface area contributed by atoms with Gasteiger partial charge in [0.2, 0.25) is 0 Å². The number of carboxylic acid groups (broad SMARTS) is 1. The van der Waals surface area contributed by atoms with Gasteiger partial charge in [-0.1, -0.05) is 13.3 Å². The average Bonchev–Trinajstić information content (AvgIpc) is 2.90. The Morgan fingerprint density at radius 2 is 2.16 bits per heavy atom. The smallest absolute Gasteiger partial charge is 0.324 e. The third kappa shape index (κ3) is 3.29. The van der Waals surface area contributed by atoms with E-state index in [1.807, 2.05) is 6.92 Å². The van der Waals surface area contributed by atoms with Gasteiger partial charge in [-0.3, -0.25) is 4.79 Å². The molecule has 0 saturated heterocycles. The molecule has 2 N–H and O–H groups in total. The number of fused-ring (bicyclic) bond motifs is 2. The van der Waals surface area contributed by atoms with Crippen LogP contribution in [0, 0.1) is 17.8 Å². The lowest BCUT2D eigenvalue weighted by atomic mass is 9.88. The van der Waals surface area contributed by atoms with E-state index in [2.05, 4.69) is 17.3 Å². The molecule has 2 rings (SSSR count). The van der Waals surface area contributed by atoms with Crippen molar-refractivity contribution in [3.63, 3.8) is 0 Å². The summed E-state index contributed by atoms with van der Waals surface area (Å²) in [5.41, 5.74) is -0.832. The zero-order chi connectivity index (χ0) is 14.0. The quantitative estimate of drug-likeness (QED) is 0.739. The number of hydrogen-bond donors (Lipinski definition) is 2. The van der Waals surface area contributed by atoms with Gasteiger partial charge >= 0.3 is 5.97 Å². The molecule has 19 heavy (non-hydrogen) atoms. The molecule has 4 unspecified atom stereocenters. The van der Waals surface area contributed by atoms with Gasteiger partial charge in [0, 0.05) is 13.1 Å². The highest BCUT2D eigenvalue weighted by Crippen LogP contribution is 2.48. The van der Waals surface area contributed by atoms with E-state index in [4.69, 9.17) is 0 Å². The normalized spacial score (nSPS) is 32.7. The molecule has 0 radical (unpaired) electrons. The second-order valence-electron chi connectivity index (χ2n) is 6.80. The fourth-order valence-corrected chi connectivity index (χ4v) is 4.19. The van der Waals surface area contributed by atoms with Crippen LogP contribution in [0.15, 0.2) is 0 Å². The topological polar surface area (TPSA) is 52.6 Å². The summed E-state index contributed by atoms with van der Waals surface area (Å²) in [7, 11) is 2.06. The Bertz CT molecular complexity index is 334. The van der Waals surface area contributed by atoms with Crippen LogP contribution < -0.4 is 5.32 Å². The molecule has 110 valence electrons. The summed E-state index contributed by atoms with van der Waals surface area (Å²) in [6, 6.07) is 0. The van der Waals surface area contributed by atoms with Gasteiger partial charge in [0.15, 0.2) is 0 Å². The van der Waals surface area contributed by atoms with E-state index in [9.17, 15) is 9.90 Å². The van der Waals surface area contributed by atoms with Crippen molar-refractivity contribution in [3.8, 4) is 0 Å². The molecule has 4 heteroatoms. The van der Waals surface area contributed by atoms with E-state index in [0.29, 0.717) is 13.1 Å². The minimum atomic E-state index is -0.832. The summed E-state index contributed by atoms with van der Waals surface area (Å²) in [6.07, 6.45) is 5.60. The SMILES string of the molecule is CCNC(C)(CN(C)CC1CC2CCC1C2)C(=O)O. The van der Waals surface area contributed by atoms with Gasteiger partial charge in [-0.05, 0) is 57.5 Å². The van der Waals surface area contributed by atoms with Gasteiger partial charge in [-0.15, -0.1) is 0 Å². The van der Waals surface area contributed by atoms with Crippen LogP contribution in [0.25, 0.3) is 0 Å². The Morgan fingerprint density at radius 1 is 1.42 bits per heavy atom. The molecule has 4 atom stereocenters. The highest BCUT2D eigenvalue weighted by atomic mass is 16.4. The van der Waals surface area contributed by atoms with E-state index >= 15 is 0 Å². The van der Waals surface area contributed by atoms with Gasteiger partial charge in [0.1, 0.15) is 5.54 Å². The number of rotatable bonds is 7. The van der Waals surface area contributed by atoms with Crippen molar-refractivity contribution in [1.29, 1.82) is 0 Å². The van der Waals surface area contributed by atoms with Crippen LogP contribution in [0.4, 0.5) is 0 Å². The molecule has 0 amide bonds. The highest BCUT2D eigenvalue weighted by Gasteiger charge is 2.40. The molecule has 2 aliphatic rings. The summed E-state index contributed by atoms with van der Waals surface area (Å²) in [4.78, 5) is 13.6. The second-order valence-corrected chi connectivity index (χ2v) is 6.80. The van der Waals surface area contributed by atoms with Crippen LogP contribution in [0.2, 0.25) is 0 Å². The van der Waals surface area contributed by atoms with Crippen LogP contribution in [0.3, 0.4) is 0 Å². The lowest BCUT2D eigenvalue weighted by Crippen LogP contribution is -2.56. The van der Waals surface area contributed by atoms with Crippen molar-refractivity contribution in [1.82, 2.24) is 10.2 Å². The van der Waals surface area contributed by atoms with Crippen LogP contribution >= 0.6 is 0 Å². The first-order valence-corrected chi connectivity index (χ1v) is 7.61. The maximum Gasteiger partial charge on any atom is 0.324 e. The van der Waals surface area contributed by atoms with Gasteiger partial charge in [-0.25, -0.2) is 0 Å². The molecule has 2 fully saturated rings. The number of carbonyl (C=O) groups is 1. The zero-order valence-electron chi connectivity index (χ0n) is 12.5. The molecule has 0 aliphatic heterocycles. The highest BCUT2D eigenvalue weighted by molar-refractivity contribution is 5.78. The number of carboxylic acids is 1. The molecule has 0 aromatic rings. The number of likely N-dealkylation sites (N-methyl/N-ethyl adjacent to an activating group) is 2. The van der Waals surface area contributed by atoms with Crippen molar-refractivity contribution in [2.45, 2.75) is 45.1 Å². The Kier molecular flexibility index (Phi) is 4.51. The van der Waals surface area contributed by atoms with Crippen molar-refractivity contribution in [2.24, 2.45) is 17.8 Å². The van der Waals surface area contributed by atoms with Gasteiger partial charge < -0.3 is 15.3 Å². The molecule has 0 spiro atoms. The molecule has 2 aliphatic carbocycles. The Balaban J connectivity index is 1.86. The monoisotopic (exact) mass is 268 g/mol. The summed E-state index contributed by atoms with van der Waals surface area (Å²) in [5, 5.41) is 12.5. The fourth-order valence-electron chi connectivity index (χ4n) is 4.19. The number of nitrogens with one attached hydrogen (secondary N) is 1. The van der Waals surface area contributed by atoms with Crippen LogP contribution in [-0.2, 0) is 4.79 Å². The number of hydrogen-bond acceptors (Lipinski definition) is 3. The first kappa shape index (κ1) is 14.8. The Hall–Kier alpha value is -0.610. The lowest BCUT2D eigenvalue weighted by Gasteiger charge is -2.33. The maximum atomic E-state index is 11.4. The minimum Gasteiger partial charge on any atom is -0.480 e. The standard InChI is InChI=1S/C15H28N2O2/c1-4-16-15(2,14(18)19)10-17(3)9-13-8-11-5-6-12(13)7-11/h11-13,16H,4-10H2,1-3H3,(H,18,19). The largest absolute Gasteiger partial charge is 0.480 e. The number of nitrogens with zero attached hydrogens (tertiary/aromatic N) is 1. The van der Waals surface area contributed by atoms with Gasteiger partial charge in [0.05, 0.1) is 0 Å². The fraction of sp³-hybridized carbons (Fsp3) is 0.933. The summed E-state index contributed by atoms with van der Waals surface area (Å²) in [5.74, 6) is 1.91. The molecule has 2 bridgehead atoms. The Labute approximate surface area is 116 Å². The summed E-state index contributed by atoms with van der Waals surface area (Å²) < 4.78 is 0. The number of aliphatic carboxylic acids is 1. The summed E-state index contributed by atoms with van der Waals surface area (Å²) >= 11 is 0. The van der Waals surface area contributed by atoms with Gasteiger partial charge in [-0.2, -0.15) is 0 Å². The average molecular weight is 268 g/mol. The maximum absolute atomic E-state index is 11.4. The molecule has 0 heterocycles. The van der Waals surface area contributed by atoms with Crippen molar-refractivity contribution >= 4 is 5.97 Å². The second kappa shape index (κ2) is 5.80. The first-order valence-electron chi connectivity index (χ1n) is 7.61. The third-order valence-corrected chi connectivity index (χ3v) is 5.06. The molecule has 0 aromatic carbocycles. The first-order chi connectivity index (χ1) is 8.94. The lowest BCUT2D eigenvalue weighted by molar-refractivity contribution is -0.145. The predicted molar refractivity (Wildman–Crippen MR) is 76.2 cm³/mol. The molecule has 0 aromatic heterocycles. The third-order valence-electron chi connectivity index (χ3n) is 5.06. The zero-order valence-corrected chi connectivity index (χ0v) is 12.5. The molecular weight excluding hydrogens is 240 g/mol. The Morgan fingerprint density at radius 3 is 2.63 bits per heavy atom. The molecular formula is C15H28N2O2. The van der Waals surface area contributed by atoms with E-state index < -0.39 is 11.5 Å². The van der Waals surface area contributed by atoms with E-state index in [1.165, 1.54) is 25.7 Å². The van der Waals surface area contributed by atoms with E-state index in [0.717, 1.165) is 24.3 Å². The van der Waals surface area contributed by atoms with Crippen LogP contribution in [-0.4, -0.2) is 48.2 Å². The van der Waals surface area contributed by atoms with Crippen LogP contribution in [0.1, 0.15) is 39.5 Å². The minimum absolute atomic E-state index is 0.573. The van der Waals surface area contributed by atoms with Crippen molar-refractivity contribution in [2.75, 3.05) is 26.7 Å².